The third kappa shape index (κ3) is 3.01. The second-order valence-electron chi connectivity index (χ2n) is 4.61. The Morgan fingerprint density at radius 2 is 1.73 bits per heavy atom. The molecule has 3 nitrogen and oxygen atoms in total. The van der Waals surface area contributed by atoms with E-state index < -0.39 is 0 Å². The minimum atomic E-state index is -0.241. The first-order chi connectivity index (χ1) is 10.6. The Labute approximate surface area is 137 Å². The fourth-order valence-corrected chi connectivity index (χ4v) is 2.57. The van der Waals surface area contributed by atoms with E-state index in [9.17, 15) is 4.79 Å². The Morgan fingerprint density at radius 1 is 0.955 bits per heavy atom. The van der Waals surface area contributed by atoms with Gasteiger partial charge in [-0.3, -0.25) is 4.79 Å². The van der Waals surface area contributed by atoms with Crippen LogP contribution in [-0.2, 0) is 0 Å². The standard InChI is InChI=1S/C17H11Cl2NO2/c18-13-10-14(19)15(9-12(13)16-7-4-8-22-16)20-17(21)11-5-2-1-3-6-11/h1-10H,(H,20,21). The van der Waals surface area contributed by atoms with Gasteiger partial charge in [-0.15, -0.1) is 0 Å². The lowest BCUT2D eigenvalue weighted by molar-refractivity contribution is 0.102. The SMILES string of the molecule is O=C(Nc1cc(-c2ccco2)c(Cl)cc1Cl)c1ccccc1. The fourth-order valence-electron chi connectivity index (χ4n) is 2.05. The van der Waals surface area contributed by atoms with Gasteiger partial charge in [0.15, 0.2) is 0 Å². The van der Waals surface area contributed by atoms with Crippen molar-refractivity contribution in [2.45, 2.75) is 0 Å². The van der Waals surface area contributed by atoms with Crippen LogP contribution in [0.25, 0.3) is 11.3 Å². The highest BCUT2D eigenvalue weighted by Crippen LogP contribution is 2.35. The summed E-state index contributed by atoms with van der Waals surface area (Å²) in [6, 6.07) is 15.7. The highest BCUT2D eigenvalue weighted by molar-refractivity contribution is 6.38. The van der Waals surface area contributed by atoms with Crippen molar-refractivity contribution in [2.24, 2.45) is 0 Å². The number of nitrogens with one attached hydrogen (secondary N) is 1. The van der Waals surface area contributed by atoms with Crippen molar-refractivity contribution in [1.82, 2.24) is 0 Å². The molecular formula is C17H11Cl2NO2. The molecular weight excluding hydrogens is 321 g/mol. The van der Waals surface area contributed by atoms with Crippen molar-refractivity contribution in [2.75, 3.05) is 5.32 Å². The summed E-state index contributed by atoms with van der Waals surface area (Å²) in [6.45, 7) is 0. The number of carbonyl (C=O) groups excluding carboxylic acids is 1. The van der Waals surface area contributed by atoms with Crippen LogP contribution in [0.1, 0.15) is 10.4 Å². The first kappa shape index (κ1) is 14.7. The van der Waals surface area contributed by atoms with Gasteiger partial charge in [-0.1, -0.05) is 41.4 Å². The Hall–Kier alpha value is -2.23. The average Bonchev–Trinajstić information content (AvgIpc) is 3.05. The van der Waals surface area contributed by atoms with E-state index in [0.717, 1.165) is 0 Å². The van der Waals surface area contributed by atoms with Crippen LogP contribution in [-0.4, -0.2) is 5.91 Å². The van der Waals surface area contributed by atoms with E-state index in [0.29, 0.717) is 32.6 Å². The van der Waals surface area contributed by atoms with E-state index >= 15 is 0 Å². The summed E-state index contributed by atoms with van der Waals surface area (Å²) < 4.78 is 5.34. The van der Waals surface area contributed by atoms with Gasteiger partial charge in [0.1, 0.15) is 5.76 Å². The molecule has 0 fully saturated rings. The molecule has 2 aromatic carbocycles. The Morgan fingerprint density at radius 3 is 2.41 bits per heavy atom. The van der Waals surface area contributed by atoms with Gasteiger partial charge in [0.2, 0.25) is 0 Å². The van der Waals surface area contributed by atoms with Gasteiger partial charge in [-0.2, -0.15) is 0 Å². The molecule has 0 saturated carbocycles. The Bertz CT molecular complexity index is 799. The van der Waals surface area contributed by atoms with Crippen LogP contribution in [0, 0.1) is 0 Å². The van der Waals surface area contributed by atoms with Crippen molar-refractivity contribution in [3.8, 4) is 11.3 Å². The summed E-state index contributed by atoms with van der Waals surface area (Å²) in [5.41, 5.74) is 1.69. The van der Waals surface area contributed by atoms with Gasteiger partial charge in [0.25, 0.3) is 5.91 Å². The second kappa shape index (κ2) is 6.26. The number of furan rings is 1. The second-order valence-corrected chi connectivity index (χ2v) is 5.42. The van der Waals surface area contributed by atoms with Gasteiger partial charge in [0.05, 0.1) is 22.0 Å². The predicted octanol–water partition coefficient (Wildman–Crippen LogP) is 5.51. The van der Waals surface area contributed by atoms with Crippen LogP contribution in [0.5, 0.6) is 0 Å². The zero-order valence-corrected chi connectivity index (χ0v) is 12.9. The summed E-state index contributed by atoms with van der Waals surface area (Å²) in [7, 11) is 0. The molecule has 0 radical (unpaired) electrons. The quantitative estimate of drug-likeness (QED) is 0.687. The molecule has 0 aliphatic carbocycles. The lowest BCUT2D eigenvalue weighted by Gasteiger charge is -2.10. The molecule has 22 heavy (non-hydrogen) atoms. The van der Waals surface area contributed by atoms with Crippen molar-refractivity contribution >= 4 is 34.8 Å². The molecule has 5 heteroatoms. The molecule has 1 heterocycles. The predicted molar refractivity (Wildman–Crippen MR) is 88.6 cm³/mol. The topological polar surface area (TPSA) is 42.2 Å². The van der Waals surface area contributed by atoms with Gasteiger partial charge in [-0.25, -0.2) is 0 Å². The maximum Gasteiger partial charge on any atom is 0.255 e. The van der Waals surface area contributed by atoms with E-state index in [1.807, 2.05) is 6.07 Å². The van der Waals surface area contributed by atoms with Gasteiger partial charge in [0, 0.05) is 11.1 Å². The zero-order valence-electron chi connectivity index (χ0n) is 11.3. The molecule has 1 aromatic heterocycles. The molecule has 3 rings (SSSR count). The van der Waals surface area contributed by atoms with Crippen LogP contribution < -0.4 is 5.32 Å². The van der Waals surface area contributed by atoms with E-state index in [1.165, 1.54) is 0 Å². The maximum absolute atomic E-state index is 12.2. The lowest BCUT2D eigenvalue weighted by atomic mass is 10.1. The number of hydrogen-bond donors (Lipinski definition) is 1. The summed E-state index contributed by atoms with van der Waals surface area (Å²) in [5, 5.41) is 3.61. The lowest BCUT2D eigenvalue weighted by Crippen LogP contribution is -2.12. The van der Waals surface area contributed by atoms with E-state index in [1.54, 1.807) is 54.8 Å². The number of anilines is 1. The van der Waals surface area contributed by atoms with Crippen LogP contribution in [0.2, 0.25) is 10.0 Å². The largest absolute Gasteiger partial charge is 0.464 e. The number of amides is 1. The van der Waals surface area contributed by atoms with Crippen LogP contribution in [0.4, 0.5) is 5.69 Å². The number of rotatable bonds is 3. The summed E-state index contributed by atoms with van der Waals surface area (Å²) in [4.78, 5) is 12.2. The first-order valence-corrected chi connectivity index (χ1v) is 7.30. The average molecular weight is 332 g/mol. The normalized spacial score (nSPS) is 10.5. The summed E-state index contributed by atoms with van der Waals surface area (Å²) >= 11 is 12.4. The first-order valence-electron chi connectivity index (χ1n) is 6.54. The zero-order chi connectivity index (χ0) is 15.5. The number of benzene rings is 2. The highest BCUT2D eigenvalue weighted by Gasteiger charge is 2.14. The molecule has 0 spiro atoms. The molecule has 1 amide bonds. The molecule has 0 bridgehead atoms. The molecule has 0 aliphatic rings. The third-order valence-electron chi connectivity index (χ3n) is 3.13. The van der Waals surface area contributed by atoms with Crippen LogP contribution in [0.3, 0.4) is 0 Å². The Balaban J connectivity index is 1.94. The van der Waals surface area contributed by atoms with E-state index in [-0.39, 0.29) is 5.91 Å². The van der Waals surface area contributed by atoms with Crippen LogP contribution in [0.15, 0.2) is 65.3 Å². The summed E-state index contributed by atoms with van der Waals surface area (Å²) in [6.07, 6.45) is 1.56. The fraction of sp³-hybridized carbons (Fsp3) is 0. The monoisotopic (exact) mass is 331 g/mol. The van der Waals surface area contributed by atoms with Gasteiger partial charge in [-0.05, 0) is 36.4 Å². The minimum Gasteiger partial charge on any atom is -0.464 e. The number of hydrogen-bond acceptors (Lipinski definition) is 2. The van der Waals surface area contributed by atoms with Crippen molar-refractivity contribution in [3.63, 3.8) is 0 Å². The molecule has 0 aliphatic heterocycles. The third-order valence-corrected chi connectivity index (χ3v) is 3.75. The van der Waals surface area contributed by atoms with E-state index in [4.69, 9.17) is 27.6 Å². The molecule has 110 valence electrons. The summed E-state index contributed by atoms with van der Waals surface area (Å²) in [5.74, 6) is 0.368. The number of carbonyl (C=O) groups is 1. The smallest absolute Gasteiger partial charge is 0.255 e. The van der Waals surface area contributed by atoms with Crippen LogP contribution >= 0.6 is 23.2 Å². The highest BCUT2D eigenvalue weighted by atomic mass is 35.5. The molecule has 0 saturated heterocycles. The Kier molecular flexibility index (Phi) is 4.18. The van der Waals surface area contributed by atoms with Crippen molar-refractivity contribution < 1.29 is 9.21 Å². The molecule has 1 N–H and O–H groups in total. The van der Waals surface area contributed by atoms with Crippen molar-refractivity contribution in [3.05, 3.63) is 76.5 Å². The maximum atomic E-state index is 12.2. The molecule has 3 aromatic rings. The molecule has 0 atom stereocenters. The minimum absolute atomic E-state index is 0.241. The van der Waals surface area contributed by atoms with Gasteiger partial charge < -0.3 is 9.73 Å². The van der Waals surface area contributed by atoms with Crippen molar-refractivity contribution in [1.29, 1.82) is 0 Å². The molecule has 0 unspecified atom stereocenters. The van der Waals surface area contributed by atoms with E-state index in [2.05, 4.69) is 5.32 Å². The number of halogens is 2. The van der Waals surface area contributed by atoms with Gasteiger partial charge >= 0.3 is 0 Å².